The van der Waals surface area contributed by atoms with E-state index < -0.39 is 16.8 Å². The molecule has 1 aromatic carbocycles. The third-order valence-corrected chi connectivity index (χ3v) is 4.42. The van der Waals surface area contributed by atoms with Gasteiger partial charge in [0.1, 0.15) is 12.0 Å². The Balaban J connectivity index is 2.26. The quantitative estimate of drug-likeness (QED) is 0.289. The van der Waals surface area contributed by atoms with Crippen LogP contribution in [0.25, 0.3) is 0 Å². The van der Waals surface area contributed by atoms with Crippen LogP contribution in [0.4, 0.5) is 19.9 Å². The number of aromatic nitrogens is 1. The highest BCUT2D eigenvalue weighted by molar-refractivity contribution is 8.15. The molecule has 11 heteroatoms. The summed E-state index contributed by atoms with van der Waals surface area (Å²) in [6.07, 6.45) is 1.08. The molecule has 2 aromatic rings. The molecule has 0 aliphatic heterocycles. The van der Waals surface area contributed by atoms with E-state index in [0.29, 0.717) is 0 Å². The average molecular weight is 355 g/mol. The number of rotatable bonds is 3. The molecule has 0 radical (unpaired) electrons. The first-order chi connectivity index (χ1) is 10.9. The standard InChI is InChI=1S/C12H10FN5O3S2/c1-15-11(19)17(8-4-2-3-7(13)5-8)10(14)23-12-16-6-9(22-12)18(20)21/h2-6,14H,1H3,(H,15,19). The lowest BCUT2D eigenvalue weighted by Gasteiger charge is -2.21. The number of halogens is 1. The fourth-order valence-corrected chi connectivity index (χ4v) is 3.24. The summed E-state index contributed by atoms with van der Waals surface area (Å²) < 4.78 is 13.6. The van der Waals surface area contributed by atoms with E-state index in [9.17, 15) is 19.3 Å². The number of nitrogens with one attached hydrogen (secondary N) is 2. The average Bonchev–Trinajstić information content (AvgIpc) is 2.96. The number of thiazole rings is 1. The highest BCUT2D eigenvalue weighted by Gasteiger charge is 2.23. The summed E-state index contributed by atoms with van der Waals surface area (Å²) in [6.45, 7) is 0. The molecule has 2 rings (SSSR count). The number of anilines is 1. The number of carbonyl (C=O) groups excluding carboxylic acids is 1. The summed E-state index contributed by atoms with van der Waals surface area (Å²) in [6, 6.07) is 4.56. The molecule has 0 saturated carbocycles. The molecule has 0 bridgehead atoms. The smallest absolute Gasteiger partial charge is 0.340 e. The number of nitrogens with zero attached hydrogens (tertiary/aromatic N) is 3. The maximum absolute atomic E-state index is 13.4. The van der Waals surface area contributed by atoms with Crippen molar-refractivity contribution in [3.05, 3.63) is 46.4 Å². The number of urea groups is 1. The van der Waals surface area contributed by atoms with Gasteiger partial charge in [-0.3, -0.25) is 15.5 Å². The van der Waals surface area contributed by atoms with E-state index in [0.717, 1.165) is 40.3 Å². The van der Waals surface area contributed by atoms with Crippen molar-refractivity contribution < 1.29 is 14.1 Å². The Morgan fingerprint density at radius 3 is 2.87 bits per heavy atom. The van der Waals surface area contributed by atoms with Crippen molar-refractivity contribution in [1.82, 2.24) is 10.3 Å². The summed E-state index contributed by atoms with van der Waals surface area (Å²) in [5.74, 6) is -0.556. The number of nitro groups is 1. The lowest BCUT2D eigenvalue weighted by molar-refractivity contribution is -0.380. The topological polar surface area (TPSA) is 112 Å². The van der Waals surface area contributed by atoms with Crippen LogP contribution in [0, 0.1) is 21.3 Å². The van der Waals surface area contributed by atoms with E-state index in [1.54, 1.807) is 0 Å². The minimum atomic E-state index is -0.640. The first kappa shape index (κ1) is 16.8. The van der Waals surface area contributed by atoms with Gasteiger partial charge in [0, 0.05) is 7.05 Å². The van der Waals surface area contributed by atoms with Crippen LogP contribution < -0.4 is 10.2 Å². The third-order valence-electron chi connectivity index (χ3n) is 2.52. The van der Waals surface area contributed by atoms with Crippen LogP contribution >= 0.6 is 23.1 Å². The minimum Gasteiger partial charge on any atom is -0.340 e. The molecule has 0 spiro atoms. The molecule has 120 valence electrons. The summed E-state index contributed by atoms with van der Waals surface area (Å²) >= 11 is 1.55. The second kappa shape index (κ2) is 7.15. The van der Waals surface area contributed by atoms with Crippen molar-refractivity contribution in [3.8, 4) is 0 Å². The molecule has 0 atom stereocenters. The molecule has 1 aromatic heterocycles. The van der Waals surface area contributed by atoms with Gasteiger partial charge in [-0.25, -0.2) is 19.1 Å². The predicted octanol–water partition coefficient (Wildman–Crippen LogP) is 3.06. The fourth-order valence-electron chi connectivity index (χ4n) is 1.56. The highest BCUT2D eigenvalue weighted by atomic mass is 32.2. The van der Waals surface area contributed by atoms with Crippen molar-refractivity contribution in [3.63, 3.8) is 0 Å². The van der Waals surface area contributed by atoms with Crippen molar-refractivity contribution in [1.29, 1.82) is 5.41 Å². The van der Waals surface area contributed by atoms with Crippen LogP contribution in [0.15, 0.2) is 34.8 Å². The van der Waals surface area contributed by atoms with E-state index in [4.69, 9.17) is 5.41 Å². The molecule has 0 aliphatic carbocycles. The molecule has 2 amide bonds. The maximum atomic E-state index is 13.4. The van der Waals surface area contributed by atoms with Crippen LogP contribution in [0.1, 0.15) is 0 Å². The van der Waals surface area contributed by atoms with Crippen LogP contribution in [-0.4, -0.2) is 28.2 Å². The molecule has 8 nitrogen and oxygen atoms in total. The Morgan fingerprint density at radius 2 is 2.30 bits per heavy atom. The van der Waals surface area contributed by atoms with E-state index >= 15 is 0 Å². The second-order valence-electron chi connectivity index (χ2n) is 4.00. The predicted molar refractivity (Wildman–Crippen MR) is 85.7 cm³/mol. The van der Waals surface area contributed by atoms with Gasteiger partial charge in [-0.2, -0.15) is 0 Å². The molecule has 0 aliphatic rings. The number of thioether (sulfide) groups is 1. The normalized spacial score (nSPS) is 10.2. The number of hydrogen-bond acceptors (Lipinski definition) is 7. The van der Waals surface area contributed by atoms with Gasteiger partial charge in [-0.1, -0.05) is 6.07 Å². The van der Waals surface area contributed by atoms with Gasteiger partial charge >= 0.3 is 11.0 Å². The minimum absolute atomic E-state index is 0.160. The van der Waals surface area contributed by atoms with Gasteiger partial charge in [0.05, 0.1) is 10.6 Å². The van der Waals surface area contributed by atoms with Crippen molar-refractivity contribution in [2.75, 3.05) is 11.9 Å². The summed E-state index contributed by atoms with van der Waals surface area (Å²) in [5, 5.41) is 20.6. The Morgan fingerprint density at radius 1 is 1.57 bits per heavy atom. The van der Waals surface area contributed by atoms with Gasteiger partial charge in [0.2, 0.25) is 0 Å². The first-order valence-electron chi connectivity index (χ1n) is 6.06. The molecule has 0 unspecified atom stereocenters. The Hall–Kier alpha value is -2.53. The monoisotopic (exact) mass is 355 g/mol. The lowest BCUT2D eigenvalue weighted by atomic mass is 10.3. The fraction of sp³-hybridized carbons (Fsp3) is 0.0833. The Kier molecular flexibility index (Phi) is 5.24. The number of amides is 2. The largest absolute Gasteiger partial charge is 0.344 e. The van der Waals surface area contributed by atoms with Gasteiger partial charge < -0.3 is 5.32 Å². The molecular formula is C12H10FN5O3S2. The van der Waals surface area contributed by atoms with Crippen LogP contribution in [-0.2, 0) is 0 Å². The number of amidine groups is 1. The Bertz CT molecular complexity index is 767. The molecule has 1 heterocycles. The number of carbonyl (C=O) groups is 1. The number of hydrogen-bond donors (Lipinski definition) is 2. The van der Waals surface area contributed by atoms with E-state index in [1.807, 2.05) is 0 Å². The first-order valence-corrected chi connectivity index (χ1v) is 7.69. The van der Waals surface area contributed by atoms with Gasteiger partial charge in [-0.15, -0.1) is 0 Å². The lowest BCUT2D eigenvalue weighted by Crippen LogP contribution is -2.41. The number of benzene rings is 1. The van der Waals surface area contributed by atoms with Gasteiger partial charge in [0.15, 0.2) is 9.51 Å². The molecule has 23 heavy (non-hydrogen) atoms. The molecular weight excluding hydrogens is 345 g/mol. The van der Waals surface area contributed by atoms with Gasteiger partial charge in [0.25, 0.3) is 0 Å². The summed E-state index contributed by atoms with van der Waals surface area (Å²) in [5.41, 5.74) is 0.160. The van der Waals surface area contributed by atoms with Crippen molar-refractivity contribution in [2.45, 2.75) is 4.34 Å². The van der Waals surface area contributed by atoms with E-state index in [1.165, 1.54) is 25.2 Å². The van der Waals surface area contributed by atoms with Crippen molar-refractivity contribution in [2.24, 2.45) is 0 Å². The van der Waals surface area contributed by atoms with E-state index in [2.05, 4.69) is 10.3 Å². The highest BCUT2D eigenvalue weighted by Crippen LogP contribution is 2.31. The molecule has 0 fully saturated rings. The molecule has 2 N–H and O–H groups in total. The van der Waals surface area contributed by atoms with Crippen LogP contribution in [0.5, 0.6) is 0 Å². The zero-order chi connectivity index (χ0) is 17.0. The van der Waals surface area contributed by atoms with Crippen LogP contribution in [0.3, 0.4) is 0 Å². The zero-order valence-electron chi connectivity index (χ0n) is 11.6. The second-order valence-corrected chi connectivity index (χ2v) is 6.24. The molecule has 0 saturated heterocycles. The van der Waals surface area contributed by atoms with Crippen molar-refractivity contribution >= 4 is 45.0 Å². The van der Waals surface area contributed by atoms with E-state index in [-0.39, 0.29) is 20.2 Å². The summed E-state index contributed by atoms with van der Waals surface area (Å²) in [4.78, 5) is 26.8. The third kappa shape index (κ3) is 4.02. The van der Waals surface area contributed by atoms with Crippen LogP contribution in [0.2, 0.25) is 0 Å². The maximum Gasteiger partial charge on any atom is 0.344 e. The Labute approximate surface area is 138 Å². The SMILES string of the molecule is CNC(=O)N(C(=N)Sc1ncc([N+](=O)[O-])s1)c1cccc(F)c1. The zero-order valence-corrected chi connectivity index (χ0v) is 13.3. The summed E-state index contributed by atoms with van der Waals surface area (Å²) in [7, 11) is 1.38. The van der Waals surface area contributed by atoms with Gasteiger partial charge in [-0.05, 0) is 41.3 Å².